The van der Waals surface area contributed by atoms with Gasteiger partial charge in [-0.15, -0.1) is 0 Å². The Labute approximate surface area is 103 Å². The summed E-state index contributed by atoms with van der Waals surface area (Å²) in [5.41, 5.74) is 1.07. The third-order valence-electron chi connectivity index (χ3n) is 2.58. The van der Waals surface area contributed by atoms with E-state index in [1.807, 2.05) is 0 Å². The fourth-order valence-corrected chi connectivity index (χ4v) is 1.90. The van der Waals surface area contributed by atoms with Crippen LogP contribution in [0, 0.1) is 0 Å². The van der Waals surface area contributed by atoms with Crippen molar-refractivity contribution < 1.29 is 0 Å². The van der Waals surface area contributed by atoms with Crippen LogP contribution in [0.15, 0.2) is 6.33 Å². The Morgan fingerprint density at radius 3 is 2.62 bits per heavy atom. The molecule has 1 aromatic rings. The lowest BCUT2D eigenvalue weighted by atomic mass is 10.1. The van der Waals surface area contributed by atoms with E-state index in [0.717, 1.165) is 30.8 Å². The summed E-state index contributed by atoms with van der Waals surface area (Å²) >= 11 is 6.11. The van der Waals surface area contributed by atoms with Crippen molar-refractivity contribution in [3.63, 3.8) is 0 Å². The van der Waals surface area contributed by atoms with Gasteiger partial charge in [-0.2, -0.15) is 0 Å². The number of halogens is 1. The van der Waals surface area contributed by atoms with Crippen molar-refractivity contribution >= 4 is 17.4 Å². The zero-order valence-electron chi connectivity index (χ0n) is 10.3. The van der Waals surface area contributed by atoms with Gasteiger partial charge in [0.15, 0.2) is 0 Å². The molecule has 0 atom stereocenters. The molecule has 0 aromatic carbocycles. The summed E-state index contributed by atoms with van der Waals surface area (Å²) < 4.78 is 0. The standard InChI is InChI=1S/C12H20ClN3/c1-4-6-8-16(3)12-10(7-5-2)11(13)14-9-15-12/h9H,4-8H2,1-3H3. The monoisotopic (exact) mass is 241 g/mol. The van der Waals surface area contributed by atoms with Crippen molar-refractivity contribution in [1.29, 1.82) is 0 Å². The molecule has 0 spiro atoms. The highest BCUT2D eigenvalue weighted by atomic mass is 35.5. The van der Waals surface area contributed by atoms with Crippen LogP contribution in [0.2, 0.25) is 5.15 Å². The van der Waals surface area contributed by atoms with Gasteiger partial charge >= 0.3 is 0 Å². The van der Waals surface area contributed by atoms with Crippen molar-refractivity contribution in [2.24, 2.45) is 0 Å². The molecule has 0 bridgehead atoms. The zero-order chi connectivity index (χ0) is 12.0. The highest BCUT2D eigenvalue weighted by Gasteiger charge is 2.12. The molecule has 0 amide bonds. The second kappa shape index (κ2) is 6.69. The van der Waals surface area contributed by atoms with Gasteiger partial charge in [-0.3, -0.25) is 0 Å². The number of hydrogen-bond donors (Lipinski definition) is 0. The molecule has 16 heavy (non-hydrogen) atoms. The molecule has 4 heteroatoms. The van der Waals surface area contributed by atoms with Crippen LogP contribution in [0.4, 0.5) is 5.82 Å². The molecule has 0 aliphatic carbocycles. The first kappa shape index (κ1) is 13.2. The Bertz CT molecular complexity index is 328. The van der Waals surface area contributed by atoms with Gasteiger partial charge in [0.05, 0.1) is 0 Å². The van der Waals surface area contributed by atoms with Gasteiger partial charge in [0, 0.05) is 19.2 Å². The lowest BCUT2D eigenvalue weighted by molar-refractivity contribution is 0.750. The largest absolute Gasteiger partial charge is 0.359 e. The summed E-state index contributed by atoms with van der Waals surface area (Å²) in [7, 11) is 2.06. The summed E-state index contributed by atoms with van der Waals surface area (Å²) in [5, 5.41) is 0.593. The number of unbranched alkanes of at least 4 members (excludes halogenated alkanes) is 1. The third-order valence-corrected chi connectivity index (χ3v) is 2.90. The molecule has 0 unspecified atom stereocenters. The maximum absolute atomic E-state index is 6.11. The number of hydrogen-bond acceptors (Lipinski definition) is 3. The van der Waals surface area contributed by atoms with Crippen molar-refractivity contribution in [3.8, 4) is 0 Å². The Balaban J connectivity index is 2.88. The molecule has 0 aliphatic heterocycles. The Morgan fingerprint density at radius 1 is 1.25 bits per heavy atom. The average molecular weight is 242 g/mol. The highest BCUT2D eigenvalue weighted by molar-refractivity contribution is 6.30. The Morgan fingerprint density at radius 2 is 2.00 bits per heavy atom. The van der Waals surface area contributed by atoms with Crippen LogP contribution in [0.25, 0.3) is 0 Å². The molecule has 0 fully saturated rings. The SMILES string of the molecule is CCCCN(C)c1ncnc(Cl)c1CCC. The minimum atomic E-state index is 0.593. The van der Waals surface area contributed by atoms with Crippen LogP contribution in [-0.4, -0.2) is 23.6 Å². The lowest BCUT2D eigenvalue weighted by Crippen LogP contribution is -2.21. The molecular weight excluding hydrogens is 222 g/mol. The second-order valence-electron chi connectivity index (χ2n) is 3.99. The molecule has 1 rings (SSSR count). The summed E-state index contributed by atoms with van der Waals surface area (Å²) in [4.78, 5) is 10.6. The van der Waals surface area contributed by atoms with Crippen LogP contribution in [0.3, 0.4) is 0 Å². The predicted molar refractivity (Wildman–Crippen MR) is 69.2 cm³/mol. The number of nitrogens with zero attached hydrogens (tertiary/aromatic N) is 3. The molecule has 90 valence electrons. The predicted octanol–water partition coefficient (Wildman–Crippen LogP) is 3.32. The normalized spacial score (nSPS) is 10.5. The van der Waals surface area contributed by atoms with Gasteiger partial charge in [0.2, 0.25) is 0 Å². The molecule has 1 aromatic heterocycles. The van der Waals surface area contributed by atoms with E-state index >= 15 is 0 Å². The van der Waals surface area contributed by atoms with Crippen molar-refractivity contribution in [1.82, 2.24) is 9.97 Å². The van der Waals surface area contributed by atoms with E-state index in [9.17, 15) is 0 Å². The second-order valence-corrected chi connectivity index (χ2v) is 4.35. The fraction of sp³-hybridized carbons (Fsp3) is 0.667. The maximum Gasteiger partial charge on any atom is 0.137 e. The summed E-state index contributed by atoms with van der Waals surface area (Å²) in [5.74, 6) is 0.982. The van der Waals surface area contributed by atoms with Crippen LogP contribution >= 0.6 is 11.6 Å². The van der Waals surface area contributed by atoms with E-state index in [1.165, 1.54) is 12.8 Å². The van der Waals surface area contributed by atoms with E-state index in [0.29, 0.717) is 5.15 Å². The van der Waals surface area contributed by atoms with Crippen molar-refractivity contribution in [2.45, 2.75) is 39.5 Å². The van der Waals surface area contributed by atoms with E-state index in [2.05, 4.69) is 35.8 Å². The van der Waals surface area contributed by atoms with Crippen LogP contribution in [0.1, 0.15) is 38.7 Å². The lowest BCUT2D eigenvalue weighted by Gasteiger charge is -2.20. The first-order valence-electron chi connectivity index (χ1n) is 5.91. The summed E-state index contributed by atoms with van der Waals surface area (Å²) in [6.45, 7) is 5.34. The maximum atomic E-state index is 6.11. The molecular formula is C12H20ClN3. The van der Waals surface area contributed by atoms with E-state index in [-0.39, 0.29) is 0 Å². The molecule has 0 aliphatic rings. The molecule has 3 nitrogen and oxygen atoms in total. The van der Waals surface area contributed by atoms with Gasteiger partial charge in [-0.05, 0) is 12.8 Å². The topological polar surface area (TPSA) is 29.0 Å². The first-order chi connectivity index (χ1) is 7.70. The van der Waals surface area contributed by atoms with E-state index in [4.69, 9.17) is 11.6 Å². The average Bonchev–Trinajstić information content (AvgIpc) is 2.29. The molecule has 0 saturated carbocycles. The quantitative estimate of drug-likeness (QED) is 0.716. The zero-order valence-corrected chi connectivity index (χ0v) is 11.1. The van der Waals surface area contributed by atoms with Gasteiger partial charge in [-0.1, -0.05) is 38.3 Å². The minimum absolute atomic E-state index is 0.593. The highest BCUT2D eigenvalue weighted by Crippen LogP contribution is 2.24. The van der Waals surface area contributed by atoms with Gasteiger partial charge in [0.1, 0.15) is 17.3 Å². The molecule has 0 N–H and O–H groups in total. The van der Waals surface area contributed by atoms with Crippen molar-refractivity contribution in [3.05, 3.63) is 17.0 Å². The van der Waals surface area contributed by atoms with E-state index in [1.54, 1.807) is 6.33 Å². The smallest absolute Gasteiger partial charge is 0.137 e. The molecule has 0 saturated heterocycles. The van der Waals surface area contributed by atoms with Gasteiger partial charge in [0.25, 0.3) is 0 Å². The Hall–Kier alpha value is -0.830. The summed E-state index contributed by atoms with van der Waals surface area (Å²) in [6.07, 6.45) is 5.89. The van der Waals surface area contributed by atoms with Gasteiger partial charge < -0.3 is 4.90 Å². The minimum Gasteiger partial charge on any atom is -0.359 e. The summed E-state index contributed by atoms with van der Waals surface area (Å²) in [6, 6.07) is 0. The number of rotatable bonds is 6. The molecule has 1 heterocycles. The van der Waals surface area contributed by atoms with Crippen LogP contribution in [-0.2, 0) is 6.42 Å². The number of anilines is 1. The van der Waals surface area contributed by atoms with Crippen LogP contribution in [0.5, 0.6) is 0 Å². The van der Waals surface area contributed by atoms with Crippen molar-refractivity contribution in [2.75, 3.05) is 18.5 Å². The van der Waals surface area contributed by atoms with Gasteiger partial charge in [-0.25, -0.2) is 9.97 Å². The van der Waals surface area contributed by atoms with E-state index < -0.39 is 0 Å². The van der Waals surface area contributed by atoms with Crippen LogP contribution < -0.4 is 4.90 Å². The fourth-order valence-electron chi connectivity index (χ4n) is 1.68. The number of aromatic nitrogens is 2. The third kappa shape index (κ3) is 3.34. The molecule has 0 radical (unpaired) electrons. The Kier molecular flexibility index (Phi) is 5.53. The first-order valence-corrected chi connectivity index (χ1v) is 6.29.